The Morgan fingerprint density at radius 2 is 2.29 bits per heavy atom. The topological polar surface area (TPSA) is 81.8 Å². The van der Waals surface area contributed by atoms with Crippen LogP contribution in [0.4, 0.5) is 0 Å². The van der Waals surface area contributed by atoms with Crippen LogP contribution in [0.2, 0.25) is 5.02 Å². The van der Waals surface area contributed by atoms with E-state index in [2.05, 4.69) is 23.2 Å². The Balaban J connectivity index is 2.21. The summed E-state index contributed by atoms with van der Waals surface area (Å²) in [5.74, 6) is 0.0293. The standard InChI is InChI=1S/C23H28ClN5O2/c1-6-8-20(17(4)28(5)27-12-7-2)23(30)29-15-19(10-9-16(29)3)31-22-21(24)18(14-25)11-13-26-22/h6,8,11-13,16,19H,1,4,7,9-10,15H2,2-3,5H3. The van der Waals surface area contributed by atoms with Gasteiger partial charge in [0.05, 0.1) is 23.4 Å². The predicted octanol–water partition coefficient (Wildman–Crippen LogP) is 4.32. The molecule has 2 atom stereocenters. The average Bonchev–Trinajstić information content (AvgIpc) is 2.77. The molecule has 7 nitrogen and oxygen atoms in total. The fraction of sp³-hybridized carbons (Fsp3) is 0.391. The van der Waals surface area contributed by atoms with Crippen LogP contribution in [0.5, 0.6) is 5.88 Å². The highest BCUT2D eigenvalue weighted by Crippen LogP contribution is 2.29. The van der Waals surface area contributed by atoms with Crippen LogP contribution in [0.1, 0.15) is 38.7 Å². The van der Waals surface area contributed by atoms with Gasteiger partial charge in [-0.3, -0.25) is 9.80 Å². The van der Waals surface area contributed by atoms with Crippen LogP contribution < -0.4 is 4.74 Å². The first-order chi connectivity index (χ1) is 14.8. The quantitative estimate of drug-likeness (QED) is 0.260. The van der Waals surface area contributed by atoms with E-state index in [4.69, 9.17) is 21.6 Å². The van der Waals surface area contributed by atoms with Crippen LogP contribution in [0.3, 0.4) is 0 Å². The van der Waals surface area contributed by atoms with Crippen LogP contribution in [0, 0.1) is 11.3 Å². The Bertz CT molecular complexity index is 934. The zero-order valence-electron chi connectivity index (χ0n) is 18.2. The molecule has 0 spiro atoms. The van der Waals surface area contributed by atoms with Gasteiger partial charge in [0, 0.05) is 25.5 Å². The molecular weight excluding hydrogens is 414 g/mol. The number of hydrogen-bond acceptors (Lipinski definition) is 6. The van der Waals surface area contributed by atoms with Gasteiger partial charge in [-0.25, -0.2) is 4.98 Å². The van der Waals surface area contributed by atoms with Gasteiger partial charge in [0.25, 0.3) is 5.91 Å². The van der Waals surface area contributed by atoms with Crippen molar-refractivity contribution in [3.63, 3.8) is 0 Å². The minimum Gasteiger partial charge on any atom is -0.471 e. The first-order valence-electron chi connectivity index (χ1n) is 10.1. The lowest BCUT2D eigenvalue weighted by Gasteiger charge is -2.38. The number of carbonyl (C=O) groups excluding carboxylic acids is 1. The zero-order valence-corrected chi connectivity index (χ0v) is 19.0. The Labute approximate surface area is 189 Å². The highest BCUT2D eigenvalue weighted by Gasteiger charge is 2.33. The normalized spacial score (nSPS) is 19.1. The third-order valence-electron chi connectivity index (χ3n) is 5.01. The monoisotopic (exact) mass is 441 g/mol. The Morgan fingerprint density at radius 3 is 2.94 bits per heavy atom. The molecule has 1 fully saturated rings. The van der Waals surface area contributed by atoms with Crippen molar-refractivity contribution in [2.75, 3.05) is 13.6 Å². The van der Waals surface area contributed by atoms with E-state index >= 15 is 0 Å². The molecule has 0 aromatic carbocycles. The van der Waals surface area contributed by atoms with Gasteiger partial charge in [-0.15, -0.1) is 0 Å². The number of pyridine rings is 1. The summed E-state index contributed by atoms with van der Waals surface area (Å²) in [6.07, 6.45) is 8.41. The Morgan fingerprint density at radius 1 is 1.55 bits per heavy atom. The van der Waals surface area contributed by atoms with E-state index < -0.39 is 0 Å². The Kier molecular flexibility index (Phi) is 8.83. The second-order valence-corrected chi connectivity index (χ2v) is 7.58. The summed E-state index contributed by atoms with van der Waals surface area (Å²) in [4.78, 5) is 19.3. The smallest absolute Gasteiger partial charge is 0.256 e. The lowest BCUT2D eigenvalue weighted by Crippen LogP contribution is -2.50. The molecule has 1 aromatic heterocycles. The number of carbonyl (C=O) groups is 1. The maximum absolute atomic E-state index is 13.4. The van der Waals surface area contributed by atoms with Crippen molar-refractivity contribution in [1.82, 2.24) is 14.9 Å². The van der Waals surface area contributed by atoms with Crippen LogP contribution in [-0.2, 0) is 4.79 Å². The van der Waals surface area contributed by atoms with Crippen molar-refractivity contribution in [2.45, 2.75) is 45.3 Å². The molecule has 1 aliphatic rings. The number of nitrogens with zero attached hydrogens (tertiary/aromatic N) is 5. The van der Waals surface area contributed by atoms with Crippen molar-refractivity contribution in [3.05, 3.63) is 59.4 Å². The zero-order chi connectivity index (χ0) is 23.0. The molecular formula is C23H28ClN5O2. The van der Waals surface area contributed by atoms with E-state index in [9.17, 15) is 4.79 Å². The summed E-state index contributed by atoms with van der Waals surface area (Å²) in [6.45, 7) is 12.1. The minimum absolute atomic E-state index is 0.0201. The number of hydrogen-bond donors (Lipinski definition) is 0. The van der Waals surface area contributed by atoms with E-state index in [1.807, 2.05) is 19.9 Å². The molecule has 0 bridgehead atoms. The molecule has 0 N–H and O–H groups in total. The van der Waals surface area contributed by atoms with Crippen molar-refractivity contribution in [3.8, 4) is 11.9 Å². The van der Waals surface area contributed by atoms with Crippen molar-refractivity contribution in [1.29, 1.82) is 5.26 Å². The van der Waals surface area contributed by atoms with E-state index in [1.165, 1.54) is 12.3 Å². The largest absolute Gasteiger partial charge is 0.471 e. The number of allylic oxidation sites excluding steroid dienone is 2. The Hall–Kier alpha value is -3.11. The number of hydrazone groups is 1. The van der Waals surface area contributed by atoms with Gasteiger partial charge in [0.15, 0.2) is 0 Å². The molecule has 2 unspecified atom stereocenters. The predicted molar refractivity (Wildman–Crippen MR) is 123 cm³/mol. The van der Waals surface area contributed by atoms with Crippen LogP contribution in [0.15, 0.2) is 53.9 Å². The lowest BCUT2D eigenvalue weighted by molar-refractivity contribution is -0.132. The number of piperidine rings is 1. The summed E-state index contributed by atoms with van der Waals surface area (Å²) in [5, 5.41) is 15.2. The molecule has 2 heterocycles. The van der Waals surface area contributed by atoms with E-state index in [1.54, 1.807) is 35.3 Å². The molecule has 2 rings (SSSR count). The number of ether oxygens (including phenoxy) is 1. The summed E-state index contributed by atoms with van der Waals surface area (Å²) < 4.78 is 5.97. The average molecular weight is 442 g/mol. The summed E-state index contributed by atoms with van der Waals surface area (Å²) in [5.41, 5.74) is 1.20. The number of rotatable bonds is 8. The molecule has 1 aromatic rings. The fourth-order valence-corrected chi connectivity index (χ4v) is 3.41. The first-order valence-corrected chi connectivity index (χ1v) is 10.5. The molecule has 1 saturated heterocycles. The maximum atomic E-state index is 13.4. The van der Waals surface area contributed by atoms with E-state index in [-0.39, 0.29) is 29.0 Å². The lowest BCUT2D eigenvalue weighted by atomic mass is 9.99. The number of likely N-dealkylation sites (tertiary alicyclic amines) is 1. The van der Waals surface area contributed by atoms with Crippen molar-refractivity contribution >= 4 is 23.7 Å². The third kappa shape index (κ3) is 5.96. The minimum atomic E-state index is -0.298. The third-order valence-corrected chi connectivity index (χ3v) is 5.37. The fourth-order valence-electron chi connectivity index (χ4n) is 3.22. The summed E-state index contributed by atoms with van der Waals surface area (Å²) in [7, 11) is 1.75. The molecule has 8 heteroatoms. The highest BCUT2D eigenvalue weighted by atomic mass is 35.5. The van der Waals surface area contributed by atoms with Gasteiger partial charge >= 0.3 is 0 Å². The van der Waals surface area contributed by atoms with Gasteiger partial charge in [-0.05, 0) is 38.3 Å². The second kappa shape index (κ2) is 11.3. The molecule has 1 amide bonds. The van der Waals surface area contributed by atoms with Gasteiger partial charge in [0.2, 0.25) is 5.88 Å². The highest BCUT2D eigenvalue weighted by molar-refractivity contribution is 6.32. The second-order valence-electron chi connectivity index (χ2n) is 7.21. The molecule has 0 radical (unpaired) electrons. The van der Waals surface area contributed by atoms with Crippen molar-refractivity contribution in [2.24, 2.45) is 5.10 Å². The molecule has 31 heavy (non-hydrogen) atoms. The SMILES string of the molecule is C=CC=C(C(=C)N(C)N=CCC)C(=O)N1CC(Oc2nccc(C#N)c2Cl)CCC1C. The van der Waals surface area contributed by atoms with Crippen molar-refractivity contribution < 1.29 is 9.53 Å². The van der Waals surface area contributed by atoms with E-state index in [0.29, 0.717) is 23.4 Å². The number of nitriles is 1. The van der Waals surface area contributed by atoms with Gasteiger partial charge in [-0.1, -0.05) is 37.8 Å². The molecule has 0 aliphatic carbocycles. The van der Waals surface area contributed by atoms with Gasteiger partial charge in [-0.2, -0.15) is 10.4 Å². The number of likely N-dealkylation sites (N-methyl/N-ethyl adjacent to an activating group) is 1. The summed E-state index contributed by atoms with van der Waals surface area (Å²) in [6, 6.07) is 3.57. The molecule has 0 saturated carbocycles. The van der Waals surface area contributed by atoms with Gasteiger partial charge < -0.3 is 9.64 Å². The number of aromatic nitrogens is 1. The maximum Gasteiger partial charge on any atom is 0.256 e. The van der Waals surface area contributed by atoms with Crippen LogP contribution in [-0.4, -0.2) is 52.8 Å². The van der Waals surface area contributed by atoms with Gasteiger partial charge in [0.1, 0.15) is 17.2 Å². The molecule has 164 valence electrons. The number of amides is 1. The van der Waals surface area contributed by atoms with Crippen LogP contribution >= 0.6 is 11.6 Å². The van der Waals surface area contributed by atoms with Crippen LogP contribution in [0.25, 0.3) is 0 Å². The number of halogens is 1. The summed E-state index contributed by atoms with van der Waals surface area (Å²) >= 11 is 6.22. The first kappa shape index (κ1) is 24.2. The van der Waals surface area contributed by atoms with E-state index in [0.717, 1.165) is 19.3 Å². The molecule has 1 aliphatic heterocycles.